The molecule has 2 aromatic rings. The number of nitrogens with one attached hydrogen (secondary N) is 1. The van der Waals surface area contributed by atoms with Gasteiger partial charge in [0.15, 0.2) is 0 Å². The lowest BCUT2D eigenvalue weighted by Gasteiger charge is -2.14. The van der Waals surface area contributed by atoms with Crippen LogP contribution in [0.3, 0.4) is 0 Å². The van der Waals surface area contributed by atoms with E-state index in [1.807, 2.05) is 0 Å². The van der Waals surface area contributed by atoms with Crippen LogP contribution in [0.4, 0.5) is 8.78 Å². The molecule has 0 bridgehead atoms. The van der Waals surface area contributed by atoms with E-state index in [1.54, 1.807) is 18.2 Å². The molecule has 0 aliphatic carbocycles. The summed E-state index contributed by atoms with van der Waals surface area (Å²) in [6.45, 7) is -0.329. The second-order valence-electron chi connectivity index (χ2n) is 4.76. The van der Waals surface area contributed by atoms with Gasteiger partial charge in [-0.2, -0.15) is 0 Å². The van der Waals surface area contributed by atoms with Crippen molar-refractivity contribution in [3.05, 3.63) is 65.2 Å². The number of hydrogen-bond acceptors (Lipinski definition) is 3. The predicted octanol–water partition coefficient (Wildman–Crippen LogP) is 2.06. The molecule has 116 valence electrons. The first kappa shape index (κ1) is 15.9. The molecule has 4 nitrogen and oxygen atoms in total. The summed E-state index contributed by atoms with van der Waals surface area (Å²) in [6, 6.07) is 9.59. The molecular weight excluding hydrogens is 292 g/mol. The van der Waals surface area contributed by atoms with Crippen molar-refractivity contribution in [2.24, 2.45) is 0 Å². The summed E-state index contributed by atoms with van der Waals surface area (Å²) >= 11 is 0. The second kappa shape index (κ2) is 7.00. The van der Waals surface area contributed by atoms with Crippen LogP contribution < -0.4 is 5.32 Å². The van der Waals surface area contributed by atoms with Gasteiger partial charge < -0.3 is 15.5 Å². The summed E-state index contributed by atoms with van der Waals surface area (Å²) in [4.78, 5) is 11.7. The van der Waals surface area contributed by atoms with Crippen LogP contribution in [-0.2, 0) is 11.2 Å². The lowest BCUT2D eigenvalue weighted by Crippen LogP contribution is -2.30. The zero-order valence-corrected chi connectivity index (χ0v) is 11.6. The van der Waals surface area contributed by atoms with Gasteiger partial charge in [0.25, 0.3) is 0 Å². The maximum atomic E-state index is 13.5. The number of halogens is 2. The zero-order chi connectivity index (χ0) is 16.1. The number of carbonyl (C=O) groups is 1. The molecule has 1 unspecified atom stereocenters. The van der Waals surface area contributed by atoms with E-state index in [4.69, 9.17) is 0 Å². The number of aliphatic hydroxyl groups is 1. The molecule has 2 aromatic carbocycles. The molecule has 0 aliphatic heterocycles. The van der Waals surface area contributed by atoms with Crippen molar-refractivity contribution in [3.8, 4) is 5.75 Å². The largest absolute Gasteiger partial charge is 0.508 e. The van der Waals surface area contributed by atoms with E-state index in [2.05, 4.69) is 5.32 Å². The van der Waals surface area contributed by atoms with Crippen LogP contribution in [0.2, 0.25) is 0 Å². The van der Waals surface area contributed by atoms with Crippen LogP contribution in [0.15, 0.2) is 42.5 Å². The normalized spacial score (nSPS) is 12.0. The van der Waals surface area contributed by atoms with Gasteiger partial charge in [0.05, 0.1) is 12.0 Å². The van der Waals surface area contributed by atoms with Gasteiger partial charge >= 0.3 is 0 Å². The summed E-state index contributed by atoms with van der Waals surface area (Å²) in [5.74, 6) is -2.24. The fraction of sp³-hybridized carbons (Fsp3) is 0.188. The van der Waals surface area contributed by atoms with Crippen LogP contribution in [0.25, 0.3) is 0 Å². The lowest BCUT2D eigenvalue weighted by atomic mass is 10.1. The Morgan fingerprint density at radius 1 is 1.09 bits per heavy atom. The van der Waals surface area contributed by atoms with Crippen molar-refractivity contribution >= 4 is 5.91 Å². The number of hydrogen-bond donors (Lipinski definition) is 3. The van der Waals surface area contributed by atoms with Crippen LogP contribution in [0, 0.1) is 11.6 Å². The van der Waals surface area contributed by atoms with Crippen molar-refractivity contribution in [1.82, 2.24) is 5.32 Å². The standard InChI is InChI=1S/C16H15F2NO3/c17-11-5-3-6-12(18)16(11)14(21)9-19-15(22)8-10-4-1-2-7-13(10)20/h1-7,14,20-21H,8-9H2,(H,19,22). The van der Waals surface area contributed by atoms with Gasteiger partial charge in [-0.3, -0.25) is 4.79 Å². The van der Waals surface area contributed by atoms with E-state index >= 15 is 0 Å². The summed E-state index contributed by atoms with van der Waals surface area (Å²) in [6.07, 6.45) is -1.59. The molecule has 0 fully saturated rings. The fourth-order valence-corrected chi connectivity index (χ4v) is 2.04. The van der Waals surface area contributed by atoms with E-state index in [-0.39, 0.29) is 18.7 Å². The van der Waals surface area contributed by atoms with Crippen molar-refractivity contribution in [2.75, 3.05) is 6.54 Å². The second-order valence-corrected chi connectivity index (χ2v) is 4.76. The van der Waals surface area contributed by atoms with Crippen molar-refractivity contribution in [1.29, 1.82) is 0 Å². The molecule has 3 N–H and O–H groups in total. The highest BCUT2D eigenvalue weighted by molar-refractivity contribution is 5.79. The molecule has 22 heavy (non-hydrogen) atoms. The number of rotatable bonds is 5. The van der Waals surface area contributed by atoms with E-state index < -0.39 is 29.2 Å². The molecule has 0 aliphatic rings. The van der Waals surface area contributed by atoms with Gasteiger partial charge in [0.2, 0.25) is 5.91 Å². The third kappa shape index (κ3) is 3.79. The van der Waals surface area contributed by atoms with Crippen LogP contribution in [-0.4, -0.2) is 22.7 Å². The Balaban J connectivity index is 1.95. The first-order valence-corrected chi connectivity index (χ1v) is 6.64. The highest BCUT2D eigenvalue weighted by atomic mass is 19.1. The highest BCUT2D eigenvalue weighted by Gasteiger charge is 2.18. The van der Waals surface area contributed by atoms with Gasteiger partial charge in [-0.1, -0.05) is 24.3 Å². The summed E-state index contributed by atoms with van der Waals surface area (Å²) in [7, 11) is 0. The summed E-state index contributed by atoms with van der Waals surface area (Å²) in [5, 5.41) is 21.7. The number of amides is 1. The molecule has 0 saturated heterocycles. The monoisotopic (exact) mass is 307 g/mol. The maximum Gasteiger partial charge on any atom is 0.224 e. The van der Waals surface area contributed by atoms with Crippen LogP contribution in [0.1, 0.15) is 17.2 Å². The average Bonchev–Trinajstić information content (AvgIpc) is 2.47. The minimum Gasteiger partial charge on any atom is -0.508 e. The molecule has 0 radical (unpaired) electrons. The van der Waals surface area contributed by atoms with Gasteiger partial charge in [-0.25, -0.2) is 8.78 Å². The Hall–Kier alpha value is -2.47. The number of aromatic hydroxyl groups is 1. The smallest absolute Gasteiger partial charge is 0.224 e. The fourth-order valence-electron chi connectivity index (χ4n) is 2.04. The predicted molar refractivity (Wildman–Crippen MR) is 76.1 cm³/mol. The minimum absolute atomic E-state index is 0.0154. The number of para-hydroxylation sites is 1. The number of phenolic OH excluding ortho intramolecular Hbond substituents is 1. The third-order valence-corrected chi connectivity index (χ3v) is 3.17. The molecule has 0 saturated carbocycles. The van der Waals surface area contributed by atoms with E-state index in [1.165, 1.54) is 12.1 Å². The van der Waals surface area contributed by atoms with Gasteiger partial charge in [-0.05, 0) is 18.2 Å². The van der Waals surface area contributed by atoms with E-state index in [0.29, 0.717) is 5.56 Å². The number of phenols is 1. The Morgan fingerprint density at radius 2 is 1.73 bits per heavy atom. The topological polar surface area (TPSA) is 69.6 Å². The van der Waals surface area contributed by atoms with Crippen LogP contribution in [0.5, 0.6) is 5.75 Å². The molecule has 6 heteroatoms. The van der Waals surface area contributed by atoms with Gasteiger partial charge in [0, 0.05) is 12.1 Å². The van der Waals surface area contributed by atoms with Crippen molar-refractivity contribution < 1.29 is 23.8 Å². The summed E-state index contributed by atoms with van der Waals surface area (Å²) < 4.78 is 27.0. The molecule has 0 heterocycles. The first-order valence-electron chi connectivity index (χ1n) is 6.64. The molecule has 2 rings (SSSR count). The van der Waals surface area contributed by atoms with E-state index in [9.17, 15) is 23.8 Å². The first-order chi connectivity index (χ1) is 10.5. The maximum absolute atomic E-state index is 13.5. The Morgan fingerprint density at radius 3 is 2.36 bits per heavy atom. The van der Waals surface area contributed by atoms with Crippen molar-refractivity contribution in [3.63, 3.8) is 0 Å². The lowest BCUT2D eigenvalue weighted by molar-refractivity contribution is -0.120. The molecule has 1 amide bonds. The molecular formula is C16H15F2NO3. The molecule has 0 spiro atoms. The quantitative estimate of drug-likeness (QED) is 0.792. The number of carbonyl (C=O) groups excluding carboxylic acids is 1. The van der Waals surface area contributed by atoms with Crippen LogP contribution >= 0.6 is 0 Å². The summed E-state index contributed by atoms with van der Waals surface area (Å²) in [5.41, 5.74) is -0.0584. The minimum atomic E-state index is -1.49. The number of aliphatic hydroxyl groups excluding tert-OH is 1. The Bertz CT molecular complexity index is 656. The average molecular weight is 307 g/mol. The zero-order valence-electron chi connectivity index (χ0n) is 11.6. The Kier molecular flexibility index (Phi) is 5.06. The molecule has 0 aromatic heterocycles. The van der Waals surface area contributed by atoms with Gasteiger partial charge in [0.1, 0.15) is 23.5 Å². The number of benzene rings is 2. The van der Waals surface area contributed by atoms with E-state index in [0.717, 1.165) is 12.1 Å². The van der Waals surface area contributed by atoms with Gasteiger partial charge in [-0.15, -0.1) is 0 Å². The Labute approximate surface area is 126 Å². The third-order valence-electron chi connectivity index (χ3n) is 3.17. The highest BCUT2D eigenvalue weighted by Crippen LogP contribution is 2.20. The van der Waals surface area contributed by atoms with Crippen molar-refractivity contribution in [2.45, 2.75) is 12.5 Å². The molecule has 1 atom stereocenters. The SMILES string of the molecule is O=C(Cc1ccccc1O)NCC(O)c1c(F)cccc1F.